The molecule has 0 spiro atoms. The van der Waals surface area contributed by atoms with E-state index >= 15 is 0 Å². The van der Waals surface area contributed by atoms with E-state index in [1.54, 1.807) is 0 Å². The van der Waals surface area contributed by atoms with E-state index in [4.69, 9.17) is 14.4 Å². The molecule has 0 bridgehead atoms. The highest BCUT2D eigenvalue weighted by molar-refractivity contribution is 7.20. The molecule has 0 saturated heterocycles. The highest BCUT2D eigenvalue weighted by Gasteiger charge is 2.42. The maximum absolute atomic E-state index is 6.77. The zero-order valence-corrected chi connectivity index (χ0v) is 27.8. The van der Waals surface area contributed by atoms with Gasteiger partial charge in [-0.2, -0.15) is 0 Å². The summed E-state index contributed by atoms with van der Waals surface area (Å²) in [6.45, 7) is 4.89. The zero-order chi connectivity index (χ0) is 32.8. The molecule has 6 heteroatoms. The highest BCUT2D eigenvalue weighted by atomic mass is 28.3. The van der Waals surface area contributed by atoms with Crippen molar-refractivity contribution in [3.8, 4) is 0 Å². The van der Waals surface area contributed by atoms with Gasteiger partial charge < -0.3 is 9.32 Å². The molecule has 4 heterocycles. The lowest BCUT2D eigenvalue weighted by molar-refractivity contribution is 0.668. The van der Waals surface area contributed by atoms with Crippen molar-refractivity contribution < 1.29 is 4.42 Å². The summed E-state index contributed by atoms with van der Waals surface area (Å²) in [4.78, 5) is 14.4. The van der Waals surface area contributed by atoms with Crippen molar-refractivity contribution in [3.63, 3.8) is 0 Å². The van der Waals surface area contributed by atoms with E-state index in [-0.39, 0.29) is 0 Å². The number of anilines is 3. The first-order valence-electron chi connectivity index (χ1n) is 16.5. The van der Waals surface area contributed by atoms with Crippen molar-refractivity contribution in [1.29, 1.82) is 0 Å². The Bertz CT molecular complexity index is 2350. The third-order valence-electron chi connectivity index (χ3n) is 9.55. The van der Waals surface area contributed by atoms with Gasteiger partial charge >= 0.3 is 0 Å². The molecule has 234 valence electrons. The third-order valence-corrected chi connectivity index (χ3v) is 14.3. The minimum Gasteiger partial charge on any atom is -0.452 e. The second-order valence-electron chi connectivity index (χ2n) is 12.3. The fourth-order valence-corrected chi connectivity index (χ4v) is 12.2. The highest BCUT2D eigenvalue weighted by Crippen LogP contribution is 2.45. The van der Waals surface area contributed by atoms with Crippen LogP contribution in [0, 0.1) is 0 Å². The molecule has 9 rings (SSSR count). The summed E-state index contributed by atoms with van der Waals surface area (Å²) in [6, 6.07) is 50.1. The molecule has 5 nitrogen and oxygen atoms in total. The summed E-state index contributed by atoms with van der Waals surface area (Å²) in [6.07, 6.45) is 9.97. The number of benzene rings is 5. The number of rotatable bonds is 5. The molecule has 0 aliphatic carbocycles. The summed E-state index contributed by atoms with van der Waals surface area (Å²) >= 11 is 0. The van der Waals surface area contributed by atoms with Crippen LogP contribution in [-0.2, 0) is 0 Å². The van der Waals surface area contributed by atoms with Crippen LogP contribution >= 0.6 is 0 Å². The first-order chi connectivity index (χ1) is 24.2. The first kappa shape index (κ1) is 28.9. The molecule has 0 amide bonds. The summed E-state index contributed by atoms with van der Waals surface area (Å²) in [7, 11) is -2.74. The number of aromatic nitrogens is 1. The average Bonchev–Trinajstić information content (AvgIpc) is 3.70. The molecule has 2 aromatic heterocycles. The number of allylic oxidation sites excluding steroid dienone is 3. The van der Waals surface area contributed by atoms with Crippen LogP contribution in [0.3, 0.4) is 0 Å². The average molecular weight is 649 g/mol. The molecule has 0 atom stereocenters. The molecular weight excluding hydrogens is 617 g/mol. The lowest BCUT2D eigenvalue weighted by Crippen LogP contribution is -2.74. The predicted molar refractivity (Wildman–Crippen MR) is 206 cm³/mol. The number of guanidine groups is 1. The number of para-hydroxylation sites is 2. The van der Waals surface area contributed by atoms with Gasteiger partial charge in [0.15, 0.2) is 13.7 Å². The minimum atomic E-state index is -2.74. The maximum atomic E-state index is 6.77. The topological polar surface area (TPSA) is 44.9 Å². The molecule has 5 aromatic carbocycles. The van der Waals surface area contributed by atoms with Crippen molar-refractivity contribution >= 4 is 73.9 Å². The maximum Gasteiger partial charge on any atom is 0.216 e. The fourth-order valence-electron chi connectivity index (χ4n) is 7.44. The van der Waals surface area contributed by atoms with Crippen LogP contribution in [0.25, 0.3) is 22.1 Å². The number of furan rings is 1. The van der Waals surface area contributed by atoms with Gasteiger partial charge in [0.1, 0.15) is 11.1 Å². The molecule has 0 saturated carbocycles. The molecule has 2 aliphatic heterocycles. The van der Waals surface area contributed by atoms with Gasteiger partial charge in [0.05, 0.1) is 22.8 Å². The van der Waals surface area contributed by atoms with Crippen LogP contribution < -0.4 is 30.5 Å². The van der Waals surface area contributed by atoms with Crippen molar-refractivity contribution in [2.24, 2.45) is 4.99 Å². The smallest absolute Gasteiger partial charge is 0.216 e. The molecule has 7 aromatic rings. The normalized spacial score (nSPS) is 16.7. The summed E-state index contributed by atoms with van der Waals surface area (Å²) < 4.78 is 6.77. The molecular formula is C43H32N4OSi. The van der Waals surface area contributed by atoms with E-state index in [9.17, 15) is 0 Å². The molecule has 0 N–H and O–H groups in total. The van der Waals surface area contributed by atoms with Crippen molar-refractivity contribution in [2.45, 2.75) is 0 Å². The standard InChI is InChI=1S/C43H32N4OSi/c1-31-16-6-5-15-29-46-37-23-13-14-24-38(37)47(43(46)45-31)39-27-28-44-41-36-30-35(25-26-40(36)48-42(39)41)49(32-17-7-2-8-18-32,33-19-9-3-10-20-33)34-21-11-4-12-22-34/h2-28,30H,1,29H2/b15-5-,16-6-,45-43+. The second-order valence-corrected chi connectivity index (χ2v) is 16.1. The van der Waals surface area contributed by atoms with Gasteiger partial charge in [0.25, 0.3) is 0 Å². The minimum absolute atomic E-state index is 0.673. The molecule has 0 radical (unpaired) electrons. The summed E-state index contributed by atoms with van der Waals surface area (Å²) in [5.74, 6) is 0.778. The van der Waals surface area contributed by atoms with Crippen LogP contribution in [0.2, 0.25) is 0 Å². The van der Waals surface area contributed by atoms with Crippen molar-refractivity contribution in [3.05, 3.63) is 182 Å². The number of nitrogens with zero attached hydrogens (tertiary/aromatic N) is 4. The Kier molecular flexibility index (Phi) is 6.95. The van der Waals surface area contributed by atoms with Gasteiger partial charge in [0, 0.05) is 18.1 Å². The van der Waals surface area contributed by atoms with E-state index in [0.29, 0.717) is 12.2 Å². The summed E-state index contributed by atoms with van der Waals surface area (Å²) in [5, 5.41) is 6.23. The van der Waals surface area contributed by atoms with Gasteiger partial charge in [-0.15, -0.1) is 0 Å². The Morgan fingerprint density at radius 1 is 0.633 bits per heavy atom. The lowest BCUT2D eigenvalue weighted by Gasteiger charge is -2.34. The van der Waals surface area contributed by atoms with Gasteiger partial charge in [-0.25, -0.2) is 4.99 Å². The number of fused-ring (bicyclic) bond motifs is 6. The zero-order valence-electron chi connectivity index (χ0n) is 26.8. The van der Waals surface area contributed by atoms with Crippen LogP contribution in [0.5, 0.6) is 0 Å². The largest absolute Gasteiger partial charge is 0.452 e. The van der Waals surface area contributed by atoms with Crippen LogP contribution in [0.15, 0.2) is 192 Å². The second kappa shape index (κ2) is 11.8. The number of hydrogen-bond donors (Lipinski definition) is 0. The monoisotopic (exact) mass is 648 g/mol. The molecule has 2 aliphatic rings. The Labute approximate surface area is 286 Å². The summed E-state index contributed by atoms with van der Waals surface area (Å²) in [5.41, 5.74) is 6.01. The van der Waals surface area contributed by atoms with Crippen LogP contribution in [-0.4, -0.2) is 25.6 Å². The van der Waals surface area contributed by atoms with Crippen LogP contribution in [0.4, 0.5) is 17.1 Å². The van der Waals surface area contributed by atoms with Gasteiger partial charge in [0.2, 0.25) is 5.96 Å². The number of hydrogen-bond acceptors (Lipinski definition) is 5. The molecule has 0 fully saturated rings. The van der Waals surface area contributed by atoms with E-state index in [1.807, 2.05) is 30.5 Å². The molecule has 49 heavy (non-hydrogen) atoms. The Morgan fingerprint density at radius 2 is 1.27 bits per heavy atom. The lowest BCUT2D eigenvalue weighted by atomic mass is 10.2. The van der Waals surface area contributed by atoms with E-state index in [1.165, 1.54) is 20.7 Å². The van der Waals surface area contributed by atoms with Gasteiger partial charge in [-0.1, -0.05) is 134 Å². The Hall–Kier alpha value is -6.24. The van der Waals surface area contributed by atoms with Crippen molar-refractivity contribution in [2.75, 3.05) is 16.3 Å². The fraction of sp³-hybridized carbons (Fsp3) is 0.0233. The Balaban J connectivity index is 1.29. The third kappa shape index (κ3) is 4.60. The van der Waals surface area contributed by atoms with Crippen LogP contribution in [0.1, 0.15) is 0 Å². The van der Waals surface area contributed by atoms with E-state index in [2.05, 4.69) is 156 Å². The van der Waals surface area contributed by atoms with E-state index in [0.717, 1.165) is 45.1 Å². The SMILES string of the molecule is C=C1/C=C\C=C/CN2/C(=N\1)N(c1ccnc3c1oc1ccc([Si](c4ccccc4)(c4ccccc4)c4ccccc4)cc13)c1ccccc12. The van der Waals surface area contributed by atoms with Gasteiger partial charge in [-0.05, 0) is 57.2 Å². The quantitative estimate of drug-likeness (QED) is 0.145. The Morgan fingerprint density at radius 3 is 1.94 bits per heavy atom. The van der Waals surface area contributed by atoms with E-state index < -0.39 is 8.07 Å². The first-order valence-corrected chi connectivity index (χ1v) is 18.5. The van der Waals surface area contributed by atoms with Crippen molar-refractivity contribution in [1.82, 2.24) is 4.98 Å². The molecule has 0 unspecified atom stereocenters. The number of aliphatic imine (C=N–C) groups is 1. The number of pyridine rings is 1. The predicted octanol–water partition coefficient (Wildman–Crippen LogP) is 7.31. The van der Waals surface area contributed by atoms with Gasteiger partial charge in [-0.3, -0.25) is 9.88 Å².